The minimum atomic E-state index is 0. The molecule has 0 unspecified atom stereocenters. The second kappa shape index (κ2) is 11.7. The highest BCUT2D eigenvalue weighted by Crippen LogP contribution is 2.13. The molecular formula is C20H28IN3O2. The Labute approximate surface area is 173 Å². The molecule has 5 nitrogen and oxygen atoms in total. The standard InChI is InChI=1S/C20H27N3O2.HI/c1-21-20(22-13-17-7-5-6-8-18(17)15-24-3)23(2)14-16-9-11-19(25-4)12-10-16;/h5-12H,13-15H2,1-4H3,(H,21,22);1H. The summed E-state index contributed by atoms with van der Waals surface area (Å²) in [5.41, 5.74) is 3.60. The molecule has 0 heterocycles. The van der Waals surface area contributed by atoms with Gasteiger partial charge in [0.05, 0.1) is 13.7 Å². The molecule has 26 heavy (non-hydrogen) atoms. The summed E-state index contributed by atoms with van der Waals surface area (Å²) >= 11 is 0. The molecule has 0 amide bonds. The number of nitrogens with zero attached hydrogens (tertiary/aromatic N) is 2. The molecule has 0 spiro atoms. The number of rotatable bonds is 7. The number of benzene rings is 2. The molecule has 0 fully saturated rings. The Morgan fingerprint density at radius 1 is 1.04 bits per heavy atom. The second-order valence-corrected chi connectivity index (χ2v) is 5.81. The molecule has 0 saturated heterocycles. The summed E-state index contributed by atoms with van der Waals surface area (Å²) in [4.78, 5) is 6.48. The van der Waals surface area contributed by atoms with Crippen LogP contribution in [0, 0.1) is 0 Å². The Balaban J connectivity index is 0.00000338. The van der Waals surface area contributed by atoms with E-state index < -0.39 is 0 Å². The Kier molecular flexibility index (Phi) is 10.0. The smallest absolute Gasteiger partial charge is 0.193 e. The van der Waals surface area contributed by atoms with Crippen molar-refractivity contribution in [1.82, 2.24) is 10.2 Å². The van der Waals surface area contributed by atoms with Gasteiger partial charge < -0.3 is 19.7 Å². The van der Waals surface area contributed by atoms with E-state index in [1.54, 1.807) is 21.3 Å². The monoisotopic (exact) mass is 469 g/mol. The molecule has 0 atom stereocenters. The number of guanidine groups is 1. The van der Waals surface area contributed by atoms with Crippen molar-refractivity contribution in [2.75, 3.05) is 28.3 Å². The van der Waals surface area contributed by atoms with Crippen molar-refractivity contribution in [2.45, 2.75) is 19.7 Å². The van der Waals surface area contributed by atoms with E-state index in [2.05, 4.69) is 39.5 Å². The zero-order chi connectivity index (χ0) is 18.1. The van der Waals surface area contributed by atoms with Gasteiger partial charge >= 0.3 is 0 Å². The average Bonchev–Trinajstić information content (AvgIpc) is 2.64. The van der Waals surface area contributed by atoms with Crippen LogP contribution >= 0.6 is 24.0 Å². The zero-order valence-corrected chi connectivity index (χ0v) is 18.2. The Morgan fingerprint density at radius 3 is 2.27 bits per heavy atom. The maximum Gasteiger partial charge on any atom is 0.193 e. The molecule has 0 aliphatic carbocycles. The van der Waals surface area contributed by atoms with Crippen LogP contribution in [0.4, 0.5) is 0 Å². The third kappa shape index (κ3) is 6.49. The summed E-state index contributed by atoms with van der Waals surface area (Å²) in [7, 11) is 7.22. The van der Waals surface area contributed by atoms with Crippen molar-refractivity contribution in [3.05, 3.63) is 65.2 Å². The summed E-state index contributed by atoms with van der Waals surface area (Å²) < 4.78 is 10.5. The number of methoxy groups -OCH3 is 2. The normalized spacial score (nSPS) is 10.8. The lowest BCUT2D eigenvalue weighted by Gasteiger charge is -2.23. The van der Waals surface area contributed by atoms with Crippen LogP contribution in [0.25, 0.3) is 0 Å². The van der Waals surface area contributed by atoms with Gasteiger partial charge in [-0.1, -0.05) is 36.4 Å². The molecule has 1 N–H and O–H groups in total. The molecular weight excluding hydrogens is 441 g/mol. The van der Waals surface area contributed by atoms with E-state index >= 15 is 0 Å². The predicted octanol–water partition coefficient (Wildman–Crippen LogP) is 3.67. The zero-order valence-electron chi connectivity index (χ0n) is 15.9. The highest BCUT2D eigenvalue weighted by molar-refractivity contribution is 14.0. The van der Waals surface area contributed by atoms with Crippen molar-refractivity contribution in [2.24, 2.45) is 4.99 Å². The van der Waals surface area contributed by atoms with Crippen LogP contribution in [0.3, 0.4) is 0 Å². The number of hydrogen-bond acceptors (Lipinski definition) is 3. The van der Waals surface area contributed by atoms with Gasteiger partial charge in [0, 0.05) is 34.3 Å². The van der Waals surface area contributed by atoms with Crippen molar-refractivity contribution >= 4 is 29.9 Å². The van der Waals surface area contributed by atoms with Crippen molar-refractivity contribution in [3.8, 4) is 5.75 Å². The fourth-order valence-electron chi connectivity index (χ4n) is 2.66. The van der Waals surface area contributed by atoms with E-state index in [-0.39, 0.29) is 24.0 Å². The molecule has 0 aliphatic heterocycles. The maximum atomic E-state index is 5.27. The lowest BCUT2D eigenvalue weighted by Crippen LogP contribution is -2.38. The molecule has 0 aromatic heterocycles. The van der Waals surface area contributed by atoms with E-state index in [1.807, 2.05) is 31.3 Å². The molecule has 6 heteroatoms. The maximum absolute atomic E-state index is 5.27. The first-order valence-electron chi connectivity index (χ1n) is 8.28. The Morgan fingerprint density at radius 2 is 1.69 bits per heavy atom. The molecule has 2 aromatic rings. The van der Waals surface area contributed by atoms with Crippen molar-refractivity contribution < 1.29 is 9.47 Å². The van der Waals surface area contributed by atoms with Crippen LogP contribution in [-0.4, -0.2) is 39.2 Å². The fourth-order valence-corrected chi connectivity index (χ4v) is 2.66. The SMILES string of the molecule is CN=C(NCc1ccccc1COC)N(C)Cc1ccc(OC)cc1.I. The largest absolute Gasteiger partial charge is 0.497 e. The summed E-state index contributed by atoms with van der Waals surface area (Å²) in [6.07, 6.45) is 0. The fraction of sp³-hybridized carbons (Fsp3) is 0.350. The second-order valence-electron chi connectivity index (χ2n) is 5.81. The number of nitrogens with one attached hydrogen (secondary N) is 1. The van der Waals surface area contributed by atoms with Crippen molar-refractivity contribution in [1.29, 1.82) is 0 Å². The van der Waals surface area contributed by atoms with Crippen LogP contribution in [0.5, 0.6) is 5.75 Å². The molecule has 142 valence electrons. The number of aliphatic imine (C=N–C) groups is 1. The Hall–Kier alpha value is -1.80. The minimum absolute atomic E-state index is 0. The Bertz CT molecular complexity index is 690. The third-order valence-corrected chi connectivity index (χ3v) is 4.01. The van der Waals surface area contributed by atoms with Crippen LogP contribution in [-0.2, 0) is 24.4 Å². The van der Waals surface area contributed by atoms with Gasteiger partial charge in [-0.15, -0.1) is 24.0 Å². The molecule has 2 rings (SSSR count). The highest BCUT2D eigenvalue weighted by Gasteiger charge is 2.08. The molecule has 0 saturated carbocycles. The number of ether oxygens (including phenoxy) is 2. The molecule has 0 aliphatic rings. The summed E-state index contributed by atoms with van der Waals surface area (Å²) in [6, 6.07) is 16.3. The van der Waals surface area contributed by atoms with Crippen LogP contribution < -0.4 is 10.1 Å². The number of halogens is 1. The number of hydrogen-bond donors (Lipinski definition) is 1. The van der Waals surface area contributed by atoms with E-state index in [9.17, 15) is 0 Å². The quantitative estimate of drug-likeness (QED) is 0.382. The van der Waals surface area contributed by atoms with Gasteiger partial charge in [0.2, 0.25) is 0 Å². The topological polar surface area (TPSA) is 46.1 Å². The van der Waals surface area contributed by atoms with Gasteiger partial charge in [0.15, 0.2) is 5.96 Å². The summed E-state index contributed by atoms with van der Waals surface area (Å²) in [5, 5.41) is 3.42. The van der Waals surface area contributed by atoms with Gasteiger partial charge in [0.1, 0.15) is 5.75 Å². The van der Waals surface area contributed by atoms with E-state index in [4.69, 9.17) is 9.47 Å². The van der Waals surface area contributed by atoms with Gasteiger partial charge in [0.25, 0.3) is 0 Å². The van der Waals surface area contributed by atoms with Gasteiger partial charge in [-0.05, 0) is 28.8 Å². The van der Waals surface area contributed by atoms with E-state index in [0.717, 1.165) is 18.3 Å². The molecule has 0 radical (unpaired) electrons. The first-order chi connectivity index (χ1) is 12.2. The first-order valence-corrected chi connectivity index (χ1v) is 8.28. The van der Waals surface area contributed by atoms with Crippen molar-refractivity contribution in [3.63, 3.8) is 0 Å². The summed E-state index contributed by atoms with van der Waals surface area (Å²) in [5.74, 6) is 1.71. The van der Waals surface area contributed by atoms with Crippen LogP contribution in [0.15, 0.2) is 53.5 Å². The van der Waals surface area contributed by atoms with Gasteiger partial charge in [-0.3, -0.25) is 4.99 Å². The predicted molar refractivity (Wildman–Crippen MR) is 117 cm³/mol. The average molecular weight is 469 g/mol. The van der Waals surface area contributed by atoms with E-state index in [0.29, 0.717) is 13.2 Å². The van der Waals surface area contributed by atoms with Crippen LogP contribution in [0.2, 0.25) is 0 Å². The summed E-state index contributed by atoms with van der Waals surface area (Å²) in [6.45, 7) is 2.08. The van der Waals surface area contributed by atoms with Gasteiger partial charge in [-0.2, -0.15) is 0 Å². The third-order valence-electron chi connectivity index (χ3n) is 4.01. The molecule has 2 aromatic carbocycles. The van der Waals surface area contributed by atoms with E-state index in [1.165, 1.54) is 16.7 Å². The highest BCUT2D eigenvalue weighted by atomic mass is 127. The van der Waals surface area contributed by atoms with Gasteiger partial charge in [-0.25, -0.2) is 0 Å². The lowest BCUT2D eigenvalue weighted by molar-refractivity contribution is 0.184. The first kappa shape index (κ1) is 22.2. The molecule has 0 bridgehead atoms. The lowest BCUT2D eigenvalue weighted by atomic mass is 10.1. The van der Waals surface area contributed by atoms with Crippen LogP contribution in [0.1, 0.15) is 16.7 Å². The minimum Gasteiger partial charge on any atom is -0.497 e.